The Morgan fingerprint density at radius 3 is 1.32 bits per heavy atom. The first-order valence-corrected chi connectivity index (χ1v) is 19.8. The maximum absolute atomic E-state index is 4.05. The molecule has 0 heteroatoms. The molecule has 1 saturated carbocycles. The van der Waals surface area contributed by atoms with E-state index in [1.807, 2.05) is 54.5 Å². The van der Waals surface area contributed by atoms with Crippen molar-refractivity contribution in [2.45, 2.75) is 208 Å². The molecule has 0 spiro atoms. The van der Waals surface area contributed by atoms with Crippen molar-refractivity contribution < 1.29 is 0 Å². The minimum absolute atomic E-state index is 0.833. The molecule has 0 unspecified atom stereocenters. The van der Waals surface area contributed by atoms with E-state index in [1.54, 1.807) is 0 Å². The van der Waals surface area contributed by atoms with Gasteiger partial charge in [0, 0.05) is 0 Å². The molecule has 0 saturated heterocycles. The molecule has 1 aromatic carbocycles. The molecule has 1 fully saturated rings. The van der Waals surface area contributed by atoms with Crippen LogP contribution >= 0.6 is 0 Å². The molecule has 280 valence electrons. The molecule has 0 atom stereocenters. The maximum atomic E-state index is 4.05. The Kier molecular flexibility index (Phi) is 56.6. The summed E-state index contributed by atoms with van der Waals surface area (Å²) in [5, 5.41) is 0. The van der Waals surface area contributed by atoms with Gasteiger partial charge in [-0.15, -0.1) is 6.58 Å². The Morgan fingerprint density at radius 1 is 0.702 bits per heavy atom. The summed E-state index contributed by atoms with van der Waals surface area (Å²) < 4.78 is 0. The fraction of sp³-hybridized carbons (Fsp3) is 0.702. The second kappa shape index (κ2) is 46.3. The number of aryl methyl sites for hydroxylation is 1. The van der Waals surface area contributed by atoms with Crippen molar-refractivity contribution in [3.8, 4) is 0 Å². The number of unbranched alkanes of at least 4 members (excludes halogenated alkanes) is 6. The predicted molar refractivity (Wildman–Crippen MR) is 230 cm³/mol. The van der Waals surface area contributed by atoms with Crippen LogP contribution in [0.25, 0.3) is 11.1 Å². The van der Waals surface area contributed by atoms with Crippen LogP contribution in [-0.2, 0) is 0 Å². The summed E-state index contributed by atoms with van der Waals surface area (Å²) in [5.41, 5.74) is 8.46. The van der Waals surface area contributed by atoms with Crippen molar-refractivity contribution in [3.05, 3.63) is 71.8 Å². The molecule has 47 heavy (non-hydrogen) atoms. The summed E-state index contributed by atoms with van der Waals surface area (Å²) in [6.45, 7) is 49.6. The normalized spacial score (nSPS) is 11.0. The molecule has 1 aromatic rings. The van der Waals surface area contributed by atoms with Gasteiger partial charge in [0.15, 0.2) is 0 Å². The molecule has 2 rings (SSSR count). The second-order valence-corrected chi connectivity index (χ2v) is 13.5. The van der Waals surface area contributed by atoms with Crippen LogP contribution in [0.15, 0.2) is 55.2 Å². The number of hydrogen-bond acceptors (Lipinski definition) is 0. The number of allylic oxidation sites excluding steroid dienone is 5. The highest BCUT2D eigenvalue weighted by Gasteiger charge is 2.07. The van der Waals surface area contributed by atoms with E-state index >= 15 is 0 Å². The van der Waals surface area contributed by atoms with Gasteiger partial charge in [-0.05, 0) is 70.1 Å². The van der Waals surface area contributed by atoms with Crippen LogP contribution in [-0.4, -0.2) is 0 Å². The lowest BCUT2D eigenvalue weighted by atomic mass is 9.91. The van der Waals surface area contributed by atoms with E-state index in [-0.39, 0.29) is 0 Å². The van der Waals surface area contributed by atoms with E-state index in [9.17, 15) is 0 Å². The smallest absolute Gasteiger partial charge is 0.0110 e. The quantitative estimate of drug-likeness (QED) is 0.141. The summed E-state index contributed by atoms with van der Waals surface area (Å²) in [6, 6.07) is 6.47. The van der Waals surface area contributed by atoms with Crippen LogP contribution in [0.3, 0.4) is 0 Å². The zero-order valence-corrected chi connectivity index (χ0v) is 36.3. The lowest BCUT2D eigenvalue weighted by Gasteiger charge is -2.15. The van der Waals surface area contributed by atoms with Crippen molar-refractivity contribution >= 4 is 11.1 Å². The van der Waals surface area contributed by atoms with Crippen molar-refractivity contribution in [2.75, 3.05) is 0 Å². The summed E-state index contributed by atoms with van der Waals surface area (Å²) in [5.74, 6) is 1.87. The summed E-state index contributed by atoms with van der Waals surface area (Å²) in [7, 11) is 0. The van der Waals surface area contributed by atoms with Gasteiger partial charge in [-0.1, -0.05) is 226 Å². The van der Waals surface area contributed by atoms with Gasteiger partial charge < -0.3 is 0 Å². The van der Waals surface area contributed by atoms with Gasteiger partial charge in [0.2, 0.25) is 0 Å². The van der Waals surface area contributed by atoms with Crippen LogP contribution in [0.1, 0.15) is 218 Å². The van der Waals surface area contributed by atoms with E-state index in [4.69, 9.17) is 0 Å². The van der Waals surface area contributed by atoms with E-state index in [0.29, 0.717) is 0 Å². The van der Waals surface area contributed by atoms with E-state index in [1.165, 1.54) is 117 Å². The summed E-state index contributed by atoms with van der Waals surface area (Å²) in [6.07, 6.45) is 20.4. The van der Waals surface area contributed by atoms with Crippen molar-refractivity contribution in [1.29, 1.82) is 0 Å². The Balaban J connectivity index is -0.000000115. The summed E-state index contributed by atoms with van der Waals surface area (Å²) in [4.78, 5) is 0. The van der Waals surface area contributed by atoms with Crippen LogP contribution in [0.5, 0.6) is 0 Å². The third kappa shape index (κ3) is 51.2. The Hall–Kier alpha value is -1.82. The highest BCUT2D eigenvalue weighted by atomic mass is 14.1. The fourth-order valence-electron chi connectivity index (χ4n) is 4.17. The van der Waals surface area contributed by atoms with Gasteiger partial charge in [-0.2, -0.15) is 0 Å². The van der Waals surface area contributed by atoms with Crippen LogP contribution in [0, 0.1) is 18.8 Å². The average Bonchev–Trinajstić information content (AvgIpc) is 3.01. The Labute approximate surface area is 302 Å². The number of rotatable bonds is 9. The molecular weight excluding hydrogens is 565 g/mol. The number of benzene rings is 1. The second-order valence-electron chi connectivity index (χ2n) is 13.5. The van der Waals surface area contributed by atoms with Crippen LogP contribution in [0.4, 0.5) is 0 Å². The SMILES string of the molecule is C=C(C)C.C=CC(=C(C)C)c1ccc(C)cc1C(=C)C.CC.CC.CC(C)C.CC1CCCCC1.CCCCC.CCCCCCC. The highest BCUT2D eigenvalue weighted by Crippen LogP contribution is 2.28. The first-order chi connectivity index (χ1) is 22.2. The van der Waals surface area contributed by atoms with Crippen LogP contribution in [0.2, 0.25) is 0 Å². The Bertz CT molecular complexity index is 794. The van der Waals surface area contributed by atoms with Crippen molar-refractivity contribution in [1.82, 2.24) is 0 Å². The van der Waals surface area contributed by atoms with Crippen molar-refractivity contribution in [3.63, 3.8) is 0 Å². The third-order valence-corrected chi connectivity index (χ3v) is 6.48. The predicted octanol–water partition coefficient (Wildman–Crippen LogP) is 18.1. The lowest BCUT2D eigenvalue weighted by molar-refractivity contribution is 0.385. The minimum Gasteiger partial charge on any atom is -0.100 e. The summed E-state index contributed by atoms with van der Waals surface area (Å²) >= 11 is 0. The monoisotopic (exact) mass is 657 g/mol. The standard InChI is InChI=1S/C16H20.C7H14.C7H16.C5H12.C4H10.C4H8.2C2H6/c1-7-14(11(2)3)15-9-8-13(6)10-16(15)12(4)5;1-7-5-3-2-4-6-7;1-3-5-7-6-4-2;1-3-5-4-2;2*1-4(2)3;2*1-2/h7-10H,1,4H2,2-3,5-6H3;7H,2-6H2,1H3;3-7H2,1-2H3;3-5H2,1-2H3;4H,1-3H3;1H2,2-3H3;2*1-2H3. The third-order valence-electron chi connectivity index (χ3n) is 6.48. The fourth-order valence-corrected chi connectivity index (χ4v) is 4.17. The lowest BCUT2D eigenvalue weighted by Crippen LogP contribution is -1.99. The van der Waals surface area contributed by atoms with Gasteiger partial charge in [0.05, 0.1) is 0 Å². The molecule has 0 aromatic heterocycles. The van der Waals surface area contributed by atoms with Crippen LogP contribution < -0.4 is 0 Å². The average molecular weight is 657 g/mol. The molecule has 0 N–H and O–H groups in total. The first kappa shape index (κ1) is 57.4. The van der Waals surface area contributed by atoms with E-state index in [2.05, 4.69) is 114 Å². The molecule has 0 bridgehead atoms. The van der Waals surface area contributed by atoms with Gasteiger partial charge >= 0.3 is 0 Å². The van der Waals surface area contributed by atoms with E-state index < -0.39 is 0 Å². The molecule has 0 amide bonds. The highest BCUT2D eigenvalue weighted by molar-refractivity contribution is 5.84. The van der Waals surface area contributed by atoms with Gasteiger partial charge in [-0.3, -0.25) is 0 Å². The zero-order valence-electron chi connectivity index (χ0n) is 36.3. The van der Waals surface area contributed by atoms with Gasteiger partial charge in [-0.25, -0.2) is 0 Å². The first-order valence-electron chi connectivity index (χ1n) is 19.8. The Morgan fingerprint density at radius 2 is 1.09 bits per heavy atom. The molecule has 0 radical (unpaired) electrons. The van der Waals surface area contributed by atoms with Gasteiger partial charge in [0.25, 0.3) is 0 Å². The molecule has 0 aliphatic heterocycles. The molecule has 0 nitrogen and oxygen atoms in total. The number of hydrogen-bond donors (Lipinski definition) is 0. The molecule has 1 aliphatic carbocycles. The van der Waals surface area contributed by atoms with Crippen molar-refractivity contribution in [2.24, 2.45) is 11.8 Å². The molecule has 0 heterocycles. The molecular formula is C47H92. The minimum atomic E-state index is 0.833. The van der Waals surface area contributed by atoms with Gasteiger partial charge in [0.1, 0.15) is 0 Å². The molecule has 1 aliphatic rings. The largest absolute Gasteiger partial charge is 0.100 e. The zero-order chi connectivity index (χ0) is 38.2. The van der Waals surface area contributed by atoms with E-state index in [0.717, 1.165) is 17.4 Å². The maximum Gasteiger partial charge on any atom is -0.0110 e. The topological polar surface area (TPSA) is 0 Å².